The maximum Gasteiger partial charge on any atom is 0.251 e. The smallest absolute Gasteiger partial charge is 0.251 e. The summed E-state index contributed by atoms with van der Waals surface area (Å²) in [5, 5.41) is 2.96. The van der Waals surface area contributed by atoms with E-state index in [9.17, 15) is 4.79 Å². The highest BCUT2D eigenvalue weighted by atomic mass is 16.5. The molecule has 38 heavy (non-hydrogen) atoms. The van der Waals surface area contributed by atoms with Crippen LogP contribution in [0.3, 0.4) is 0 Å². The number of carbonyl (C=O) groups is 1. The summed E-state index contributed by atoms with van der Waals surface area (Å²) in [7, 11) is 6.12. The number of fused-ring (bicyclic) bond motifs is 1. The van der Waals surface area contributed by atoms with Crippen LogP contribution in [0.25, 0.3) is 33.5 Å². The Kier molecular flexibility index (Phi) is 9.48. The molecule has 3 aromatic carbocycles. The maximum atomic E-state index is 12.5. The van der Waals surface area contributed by atoms with E-state index in [1.54, 1.807) is 0 Å². The number of nitrogens with one attached hydrogen (secondary N) is 2. The van der Waals surface area contributed by atoms with Crippen molar-refractivity contribution in [3.8, 4) is 28.3 Å². The first-order valence-electron chi connectivity index (χ1n) is 13.1. The summed E-state index contributed by atoms with van der Waals surface area (Å²) in [6, 6.07) is 21.9. The Morgan fingerprint density at radius 1 is 0.921 bits per heavy atom. The average molecular weight is 515 g/mol. The lowest BCUT2D eigenvalue weighted by Gasteiger charge is -2.15. The van der Waals surface area contributed by atoms with Crippen molar-refractivity contribution < 1.29 is 9.53 Å². The van der Waals surface area contributed by atoms with Crippen molar-refractivity contribution in [3.63, 3.8) is 0 Å². The van der Waals surface area contributed by atoms with Crippen LogP contribution in [-0.2, 0) is 0 Å². The van der Waals surface area contributed by atoms with Gasteiger partial charge in [-0.15, -0.1) is 0 Å². The Labute approximate surface area is 224 Å². The van der Waals surface area contributed by atoms with E-state index in [4.69, 9.17) is 15.5 Å². The molecule has 4 N–H and O–H groups in total. The van der Waals surface area contributed by atoms with E-state index in [1.807, 2.05) is 61.6 Å². The third-order valence-corrected chi connectivity index (χ3v) is 6.40. The molecule has 8 heteroatoms. The zero-order valence-corrected chi connectivity index (χ0v) is 22.5. The Morgan fingerprint density at radius 2 is 1.63 bits per heavy atom. The predicted molar refractivity (Wildman–Crippen MR) is 155 cm³/mol. The second-order valence-electron chi connectivity index (χ2n) is 9.77. The van der Waals surface area contributed by atoms with Crippen molar-refractivity contribution in [2.45, 2.75) is 6.42 Å². The lowest BCUT2D eigenvalue weighted by Crippen LogP contribution is -2.35. The fraction of sp³-hybridized carbons (Fsp3) is 0.333. The summed E-state index contributed by atoms with van der Waals surface area (Å²) in [5.41, 5.74) is 11.2. The van der Waals surface area contributed by atoms with E-state index in [0.29, 0.717) is 25.3 Å². The van der Waals surface area contributed by atoms with Gasteiger partial charge in [-0.3, -0.25) is 4.79 Å². The van der Waals surface area contributed by atoms with E-state index < -0.39 is 0 Å². The van der Waals surface area contributed by atoms with Crippen molar-refractivity contribution in [3.05, 3.63) is 72.3 Å². The highest BCUT2D eigenvalue weighted by molar-refractivity contribution is 5.95. The molecule has 200 valence electrons. The number of aromatic nitrogens is 2. The largest absolute Gasteiger partial charge is 0.494 e. The average Bonchev–Trinajstić information content (AvgIpc) is 3.35. The van der Waals surface area contributed by atoms with Gasteiger partial charge in [-0.2, -0.15) is 0 Å². The SMILES string of the molecule is CN(C)CCCOc1ccc(-c2nc3cc(-c4ccc(C(=O)NCCN(C)CCN)cc4)ccc3[nH]2)cc1. The molecule has 8 nitrogen and oxygen atoms in total. The van der Waals surface area contributed by atoms with E-state index >= 15 is 0 Å². The number of rotatable bonds is 13. The Hall–Kier alpha value is -3.72. The number of nitrogens with zero attached hydrogens (tertiary/aromatic N) is 3. The third-order valence-electron chi connectivity index (χ3n) is 6.40. The lowest BCUT2D eigenvalue weighted by atomic mass is 10.0. The molecule has 0 saturated carbocycles. The summed E-state index contributed by atoms with van der Waals surface area (Å²) in [4.78, 5) is 25.0. The van der Waals surface area contributed by atoms with Crippen LogP contribution >= 0.6 is 0 Å². The van der Waals surface area contributed by atoms with Crippen molar-refractivity contribution in [2.24, 2.45) is 5.73 Å². The summed E-state index contributed by atoms with van der Waals surface area (Å²) in [6.45, 7) is 4.47. The van der Waals surface area contributed by atoms with Gasteiger partial charge in [0.1, 0.15) is 11.6 Å². The summed E-state index contributed by atoms with van der Waals surface area (Å²) in [6.07, 6.45) is 0.990. The first-order valence-corrected chi connectivity index (χ1v) is 13.1. The fourth-order valence-corrected chi connectivity index (χ4v) is 4.21. The number of H-pyrrole nitrogens is 1. The molecule has 0 fully saturated rings. The number of nitrogens with two attached hydrogens (primary N) is 1. The van der Waals surface area contributed by atoms with Crippen LogP contribution in [0, 0.1) is 0 Å². The number of hydrogen-bond acceptors (Lipinski definition) is 6. The Balaban J connectivity index is 1.38. The van der Waals surface area contributed by atoms with E-state index in [0.717, 1.165) is 65.4 Å². The molecule has 4 rings (SSSR count). The highest BCUT2D eigenvalue weighted by Crippen LogP contribution is 2.27. The second kappa shape index (κ2) is 13.2. The molecule has 0 atom stereocenters. The third kappa shape index (κ3) is 7.41. The molecule has 0 aliphatic carbocycles. The molecule has 1 amide bonds. The fourth-order valence-electron chi connectivity index (χ4n) is 4.21. The monoisotopic (exact) mass is 514 g/mol. The van der Waals surface area contributed by atoms with Gasteiger partial charge in [0.25, 0.3) is 5.91 Å². The number of hydrogen-bond donors (Lipinski definition) is 3. The van der Waals surface area contributed by atoms with Gasteiger partial charge in [-0.25, -0.2) is 4.98 Å². The summed E-state index contributed by atoms with van der Waals surface area (Å²) in [5.74, 6) is 1.61. The molecule has 4 aromatic rings. The molecule has 1 aromatic heterocycles. The van der Waals surface area contributed by atoms with Crippen LogP contribution in [0.1, 0.15) is 16.8 Å². The molecule has 0 aliphatic rings. The van der Waals surface area contributed by atoms with Crippen LogP contribution in [-0.4, -0.2) is 86.1 Å². The van der Waals surface area contributed by atoms with Gasteiger partial charge in [-0.05, 0) is 87.2 Å². The molecule has 0 spiro atoms. The molecule has 0 bridgehead atoms. The quantitative estimate of drug-likeness (QED) is 0.235. The number of ether oxygens (including phenoxy) is 1. The second-order valence-corrected chi connectivity index (χ2v) is 9.77. The van der Waals surface area contributed by atoms with E-state index in [-0.39, 0.29) is 5.91 Å². The Bertz CT molecular complexity index is 1320. The highest BCUT2D eigenvalue weighted by Gasteiger charge is 2.10. The van der Waals surface area contributed by atoms with Gasteiger partial charge in [0.2, 0.25) is 0 Å². The maximum absolute atomic E-state index is 12.5. The van der Waals surface area contributed by atoms with Crippen LogP contribution < -0.4 is 15.8 Å². The number of likely N-dealkylation sites (N-methyl/N-ethyl adjacent to an activating group) is 1. The number of imidazole rings is 1. The number of amides is 1. The predicted octanol–water partition coefficient (Wildman–Crippen LogP) is 3.85. The van der Waals surface area contributed by atoms with Gasteiger partial charge in [0.05, 0.1) is 17.6 Å². The molecule has 1 heterocycles. The molecular weight excluding hydrogens is 476 g/mol. The van der Waals surface area contributed by atoms with Crippen LogP contribution in [0.5, 0.6) is 5.75 Å². The van der Waals surface area contributed by atoms with Crippen LogP contribution in [0.4, 0.5) is 0 Å². The lowest BCUT2D eigenvalue weighted by molar-refractivity contribution is 0.0950. The minimum Gasteiger partial charge on any atom is -0.494 e. The van der Waals surface area contributed by atoms with Gasteiger partial charge in [-0.1, -0.05) is 18.2 Å². The van der Waals surface area contributed by atoms with Crippen molar-refractivity contribution in [1.82, 2.24) is 25.1 Å². The molecule has 0 radical (unpaired) electrons. The zero-order valence-electron chi connectivity index (χ0n) is 22.5. The summed E-state index contributed by atoms with van der Waals surface area (Å²) < 4.78 is 5.84. The number of aromatic amines is 1. The van der Waals surface area contributed by atoms with Gasteiger partial charge in [0, 0.05) is 43.9 Å². The molecule has 0 unspecified atom stereocenters. The van der Waals surface area contributed by atoms with E-state index in [1.165, 1.54) is 0 Å². The van der Waals surface area contributed by atoms with E-state index in [2.05, 4.69) is 46.3 Å². The van der Waals surface area contributed by atoms with Crippen molar-refractivity contribution in [1.29, 1.82) is 0 Å². The number of benzene rings is 3. The first-order chi connectivity index (χ1) is 18.4. The van der Waals surface area contributed by atoms with Crippen LogP contribution in [0.15, 0.2) is 66.7 Å². The standard InChI is InChI=1S/C30H38N6O2/c1-35(2)17-4-20-38-26-12-9-23(10-13-26)29-33-27-14-11-25(21-28(27)34-29)22-5-7-24(8-6-22)30(37)32-16-19-36(3)18-15-31/h5-14,21H,4,15-20,31H2,1-3H3,(H,32,37)(H,33,34). The minimum atomic E-state index is -0.0740. The molecular formula is C30H38N6O2. The Morgan fingerprint density at radius 3 is 2.34 bits per heavy atom. The molecule has 0 aliphatic heterocycles. The van der Waals surface area contributed by atoms with Gasteiger partial charge in [0.15, 0.2) is 0 Å². The van der Waals surface area contributed by atoms with Crippen molar-refractivity contribution >= 4 is 16.9 Å². The topological polar surface area (TPSA) is 99.5 Å². The van der Waals surface area contributed by atoms with Crippen molar-refractivity contribution in [2.75, 3.05) is 60.5 Å². The molecule has 0 saturated heterocycles. The number of carbonyl (C=O) groups excluding carboxylic acids is 1. The normalized spacial score (nSPS) is 11.4. The first kappa shape index (κ1) is 27.3. The summed E-state index contributed by atoms with van der Waals surface area (Å²) >= 11 is 0. The zero-order chi connectivity index (χ0) is 26.9. The minimum absolute atomic E-state index is 0.0740. The van der Waals surface area contributed by atoms with Crippen LogP contribution in [0.2, 0.25) is 0 Å². The van der Waals surface area contributed by atoms with Gasteiger partial charge >= 0.3 is 0 Å². The van der Waals surface area contributed by atoms with Gasteiger partial charge < -0.3 is 30.6 Å².